The molecule has 100 valence electrons. The Morgan fingerprint density at radius 3 is 2.89 bits per heavy atom. The largest absolute Gasteiger partial charge is 0.344 e. The molecule has 2 aliphatic rings. The van der Waals surface area contributed by atoms with E-state index in [4.69, 9.17) is 0 Å². The van der Waals surface area contributed by atoms with Crippen molar-refractivity contribution >= 4 is 27.5 Å². The third-order valence-electron chi connectivity index (χ3n) is 3.97. The molecule has 2 aliphatic heterocycles. The first-order valence-electron chi connectivity index (χ1n) is 6.32. The summed E-state index contributed by atoms with van der Waals surface area (Å²) in [4.78, 5) is 18.5. The average molecular weight is 325 g/mol. The van der Waals surface area contributed by atoms with Crippen molar-refractivity contribution in [3.05, 3.63) is 34.1 Å². The van der Waals surface area contributed by atoms with Crippen LogP contribution in [0.25, 0.3) is 0 Å². The molecule has 0 saturated carbocycles. The minimum atomic E-state index is -0.626. The van der Waals surface area contributed by atoms with Crippen LogP contribution < -0.4 is 0 Å². The van der Waals surface area contributed by atoms with Crippen LogP contribution in [-0.4, -0.2) is 35.7 Å². The number of hydrogen-bond acceptors (Lipinski definition) is 2. The van der Waals surface area contributed by atoms with Crippen LogP contribution in [0.15, 0.2) is 27.7 Å². The van der Waals surface area contributed by atoms with E-state index in [1.807, 2.05) is 0 Å². The number of carbonyl (C=O) groups is 1. The van der Waals surface area contributed by atoms with Crippen molar-refractivity contribution in [2.75, 3.05) is 13.6 Å². The van der Waals surface area contributed by atoms with Crippen LogP contribution in [0.2, 0.25) is 0 Å². The Balaban J connectivity index is 2.00. The Hall–Kier alpha value is -1.23. The van der Waals surface area contributed by atoms with E-state index in [-0.39, 0.29) is 11.7 Å². The van der Waals surface area contributed by atoms with Crippen LogP contribution in [0.5, 0.6) is 0 Å². The highest BCUT2D eigenvalue weighted by Gasteiger charge is 2.48. The Labute approximate surface area is 119 Å². The maximum atomic E-state index is 13.9. The van der Waals surface area contributed by atoms with E-state index in [0.717, 1.165) is 17.4 Å². The van der Waals surface area contributed by atoms with Gasteiger partial charge in [0.2, 0.25) is 5.91 Å². The summed E-state index contributed by atoms with van der Waals surface area (Å²) >= 11 is 3.34. The lowest BCUT2D eigenvalue weighted by molar-refractivity contribution is -0.130. The summed E-state index contributed by atoms with van der Waals surface area (Å²) < 4.78 is 14.7. The number of rotatable bonds is 1. The Bertz CT molecular complexity index is 587. The second-order valence-corrected chi connectivity index (χ2v) is 6.11. The molecule has 1 spiro atoms. The van der Waals surface area contributed by atoms with Crippen molar-refractivity contribution in [3.63, 3.8) is 0 Å². The van der Waals surface area contributed by atoms with E-state index < -0.39 is 5.54 Å². The molecule has 0 N–H and O–H groups in total. The molecule has 1 aromatic carbocycles. The second-order valence-electron chi connectivity index (χ2n) is 5.19. The number of benzene rings is 1. The number of carbonyl (C=O) groups excluding carboxylic acids is 1. The second kappa shape index (κ2) is 4.40. The Morgan fingerprint density at radius 2 is 2.21 bits per heavy atom. The molecule has 5 heteroatoms. The number of hydrogen-bond donors (Lipinski definition) is 0. The van der Waals surface area contributed by atoms with Crippen molar-refractivity contribution < 1.29 is 9.18 Å². The maximum absolute atomic E-state index is 13.9. The Morgan fingerprint density at radius 1 is 1.42 bits per heavy atom. The first-order valence-corrected chi connectivity index (χ1v) is 7.11. The van der Waals surface area contributed by atoms with Crippen LogP contribution in [-0.2, 0) is 4.79 Å². The van der Waals surface area contributed by atoms with E-state index in [2.05, 4.69) is 20.9 Å². The molecular formula is C14H14BrFN2O. The molecule has 1 fully saturated rings. The third kappa shape index (κ3) is 2.00. The molecule has 0 aromatic heterocycles. The highest BCUT2D eigenvalue weighted by Crippen LogP contribution is 2.37. The standard InChI is InChI=1S/C14H14BrFN2O/c1-18-7-6-14(13(18)19)5-4-12(17-14)10-8-9(15)2-3-11(10)16/h2-3,8H,4-7H2,1H3. The maximum Gasteiger partial charge on any atom is 0.250 e. The summed E-state index contributed by atoms with van der Waals surface area (Å²) in [5, 5.41) is 0. The molecule has 2 heterocycles. The van der Waals surface area contributed by atoms with Crippen molar-refractivity contribution in [1.29, 1.82) is 0 Å². The molecule has 0 bridgehead atoms. The van der Waals surface area contributed by atoms with Gasteiger partial charge in [-0.2, -0.15) is 0 Å². The topological polar surface area (TPSA) is 32.7 Å². The fourth-order valence-corrected chi connectivity index (χ4v) is 3.22. The van der Waals surface area contributed by atoms with E-state index in [9.17, 15) is 9.18 Å². The molecular weight excluding hydrogens is 311 g/mol. The zero-order chi connectivity index (χ0) is 13.6. The van der Waals surface area contributed by atoms with Crippen molar-refractivity contribution in [2.24, 2.45) is 4.99 Å². The number of aliphatic imine (C=N–C) groups is 1. The highest BCUT2D eigenvalue weighted by atomic mass is 79.9. The minimum absolute atomic E-state index is 0.0675. The van der Waals surface area contributed by atoms with Gasteiger partial charge in [-0.15, -0.1) is 0 Å². The molecule has 1 atom stereocenters. The van der Waals surface area contributed by atoms with Crippen LogP contribution in [0.4, 0.5) is 4.39 Å². The minimum Gasteiger partial charge on any atom is -0.344 e. The number of likely N-dealkylation sites (tertiary alicyclic amines) is 1. The molecule has 0 radical (unpaired) electrons. The Kier molecular flexibility index (Phi) is 2.96. The third-order valence-corrected chi connectivity index (χ3v) is 4.46. The SMILES string of the molecule is CN1CCC2(CCC(c3cc(Br)ccc3F)=N2)C1=O. The predicted octanol–water partition coefficient (Wildman–Crippen LogP) is 2.77. The summed E-state index contributed by atoms with van der Waals surface area (Å²) in [7, 11) is 1.80. The van der Waals surface area contributed by atoms with E-state index >= 15 is 0 Å². The van der Waals surface area contributed by atoms with Crippen LogP contribution in [0.3, 0.4) is 0 Å². The van der Waals surface area contributed by atoms with Crippen LogP contribution in [0.1, 0.15) is 24.8 Å². The molecule has 0 aliphatic carbocycles. The average Bonchev–Trinajstić information content (AvgIpc) is 2.93. The van der Waals surface area contributed by atoms with Gasteiger partial charge in [-0.3, -0.25) is 9.79 Å². The first-order chi connectivity index (χ1) is 9.02. The zero-order valence-electron chi connectivity index (χ0n) is 10.6. The first kappa shape index (κ1) is 12.8. The summed E-state index contributed by atoms with van der Waals surface area (Å²) in [5.74, 6) is -0.212. The molecule has 3 rings (SSSR count). The molecule has 19 heavy (non-hydrogen) atoms. The van der Waals surface area contributed by atoms with Crippen LogP contribution in [0, 0.1) is 5.82 Å². The highest BCUT2D eigenvalue weighted by molar-refractivity contribution is 9.10. The van der Waals surface area contributed by atoms with Crippen molar-refractivity contribution in [2.45, 2.75) is 24.8 Å². The van der Waals surface area contributed by atoms with E-state index in [1.165, 1.54) is 6.07 Å². The van der Waals surface area contributed by atoms with Gasteiger partial charge in [0.1, 0.15) is 11.4 Å². The summed E-state index contributed by atoms with van der Waals surface area (Å²) in [6, 6.07) is 4.82. The lowest BCUT2D eigenvalue weighted by atomic mass is 9.95. The van der Waals surface area contributed by atoms with Crippen molar-refractivity contribution in [3.8, 4) is 0 Å². The normalized spacial score (nSPS) is 26.4. The van der Waals surface area contributed by atoms with Gasteiger partial charge in [0.25, 0.3) is 0 Å². The predicted molar refractivity (Wildman–Crippen MR) is 74.9 cm³/mol. The summed E-state index contributed by atoms with van der Waals surface area (Å²) in [5.41, 5.74) is 0.592. The van der Waals surface area contributed by atoms with Gasteiger partial charge in [-0.25, -0.2) is 4.39 Å². The molecule has 1 aromatic rings. The van der Waals surface area contributed by atoms with Gasteiger partial charge in [0.05, 0.1) is 0 Å². The van der Waals surface area contributed by atoms with Gasteiger partial charge in [-0.1, -0.05) is 15.9 Å². The fraction of sp³-hybridized carbons (Fsp3) is 0.429. The number of halogens is 2. The molecule has 1 unspecified atom stereocenters. The van der Waals surface area contributed by atoms with Gasteiger partial charge in [0, 0.05) is 29.3 Å². The number of likely N-dealkylation sites (N-methyl/N-ethyl adjacent to an activating group) is 1. The van der Waals surface area contributed by atoms with E-state index in [0.29, 0.717) is 24.1 Å². The molecule has 1 amide bonds. The number of amides is 1. The van der Waals surface area contributed by atoms with Gasteiger partial charge < -0.3 is 4.90 Å². The fourth-order valence-electron chi connectivity index (χ4n) is 2.86. The summed E-state index contributed by atoms with van der Waals surface area (Å²) in [6.45, 7) is 0.733. The molecule has 3 nitrogen and oxygen atoms in total. The summed E-state index contributed by atoms with van der Waals surface area (Å²) in [6.07, 6.45) is 2.09. The quantitative estimate of drug-likeness (QED) is 0.781. The van der Waals surface area contributed by atoms with Crippen molar-refractivity contribution in [1.82, 2.24) is 4.90 Å². The van der Waals surface area contributed by atoms with Gasteiger partial charge in [-0.05, 0) is 37.5 Å². The lowest BCUT2D eigenvalue weighted by Crippen LogP contribution is -2.35. The van der Waals surface area contributed by atoms with E-state index in [1.54, 1.807) is 24.1 Å². The smallest absolute Gasteiger partial charge is 0.250 e. The number of nitrogens with zero attached hydrogens (tertiary/aromatic N) is 2. The monoisotopic (exact) mass is 324 g/mol. The van der Waals surface area contributed by atoms with Gasteiger partial charge in [0.15, 0.2) is 0 Å². The van der Waals surface area contributed by atoms with Crippen LogP contribution >= 0.6 is 15.9 Å². The lowest BCUT2D eigenvalue weighted by Gasteiger charge is -2.17. The van der Waals surface area contributed by atoms with Gasteiger partial charge >= 0.3 is 0 Å². The zero-order valence-corrected chi connectivity index (χ0v) is 12.2. The molecule has 1 saturated heterocycles.